The van der Waals surface area contributed by atoms with E-state index in [2.05, 4.69) is 29.4 Å². The van der Waals surface area contributed by atoms with Crippen LogP contribution in [0.2, 0.25) is 5.15 Å². The number of carbonyl (C=O) groups excluding carboxylic acids is 1. The van der Waals surface area contributed by atoms with Gasteiger partial charge in [-0.2, -0.15) is 0 Å². The van der Waals surface area contributed by atoms with E-state index in [1.54, 1.807) is 12.1 Å². The molecule has 0 radical (unpaired) electrons. The van der Waals surface area contributed by atoms with Crippen LogP contribution in [0.25, 0.3) is 0 Å². The quantitative estimate of drug-likeness (QED) is 0.919. The van der Waals surface area contributed by atoms with Gasteiger partial charge >= 0.3 is 0 Å². The summed E-state index contributed by atoms with van der Waals surface area (Å²) in [7, 11) is 0. The van der Waals surface area contributed by atoms with Gasteiger partial charge in [0.2, 0.25) is 0 Å². The lowest BCUT2D eigenvalue weighted by Crippen LogP contribution is -2.14. The molecule has 0 bridgehead atoms. The smallest absolute Gasteiger partial charge is 0.276 e. The van der Waals surface area contributed by atoms with E-state index < -0.39 is 0 Å². The number of aromatic nitrogens is 2. The number of hydrogen-bond acceptors (Lipinski definition) is 4. The summed E-state index contributed by atoms with van der Waals surface area (Å²) in [6.07, 6.45) is 0. The van der Waals surface area contributed by atoms with Crippen LogP contribution in [0.3, 0.4) is 0 Å². The highest BCUT2D eigenvalue weighted by Gasteiger charge is 2.09. The monoisotopic (exact) mass is 305 g/mol. The highest BCUT2D eigenvalue weighted by molar-refractivity contribution is 6.29. The van der Waals surface area contributed by atoms with Gasteiger partial charge in [0.25, 0.3) is 5.91 Å². The van der Waals surface area contributed by atoms with Gasteiger partial charge in [0.1, 0.15) is 5.75 Å². The second kappa shape index (κ2) is 7.04. The summed E-state index contributed by atoms with van der Waals surface area (Å²) in [4.78, 5) is 12.0. The van der Waals surface area contributed by atoms with E-state index in [1.165, 1.54) is 12.1 Å². The molecule has 21 heavy (non-hydrogen) atoms. The first kappa shape index (κ1) is 15.3. The van der Waals surface area contributed by atoms with E-state index in [0.29, 0.717) is 24.0 Å². The molecule has 1 N–H and O–H groups in total. The van der Waals surface area contributed by atoms with Gasteiger partial charge in [-0.1, -0.05) is 31.5 Å². The molecule has 0 aliphatic rings. The Kier molecular flexibility index (Phi) is 5.11. The summed E-state index contributed by atoms with van der Waals surface area (Å²) < 4.78 is 5.61. The van der Waals surface area contributed by atoms with Crippen LogP contribution >= 0.6 is 11.6 Å². The Labute approximate surface area is 128 Å². The van der Waals surface area contributed by atoms with Crippen LogP contribution in [0.4, 0.5) is 5.69 Å². The Morgan fingerprint density at radius 1 is 1.29 bits per heavy atom. The molecule has 110 valence electrons. The zero-order valence-corrected chi connectivity index (χ0v) is 12.6. The number of nitrogens with zero attached hydrogens (tertiary/aromatic N) is 2. The first-order valence-electron chi connectivity index (χ1n) is 6.58. The van der Waals surface area contributed by atoms with Crippen LogP contribution in [0.15, 0.2) is 36.4 Å². The summed E-state index contributed by atoms with van der Waals surface area (Å²) in [6.45, 7) is 4.77. The minimum atomic E-state index is -0.347. The van der Waals surface area contributed by atoms with E-state index in [9.17, 15) is 4.79 Å². The largest absolute Gasteiger partial charge is 0.493 e. The van der Waals surface area contributed by atoms with Crippen molar-refractivity contribution in [2.45, 2.75) is 13.8 Å². The average Bonchev–Trinajstić information content (AvgIpc) is 2.46. The predicted molar refractivity (Wildman–Crippen MR) is 81.8 cm³/mol. The van der Waals surface area contributed by atoms with Crippen LogP contribution < -0.4 is 10.1 Å². The van der Waals surface area contributed by atoms with Crippen molar-refractivity contribution in [3.8, 4) is 5.75 Å². The maximum Gasteiger partial charge on any atom is 0.276 e. The van der Waals surface area contributed by atoms with Crippen LogP contribution in [-0.4, -0.2) is 22.7 Å². The normalized spacial score (nSPS) is 10.5. The standard InChI is InChI=1S/C15H16ClN3O2/c1-10(2)9-21-12-5-3-4-11(8-12)17-15(20)13-6-7-14(16)19-18-13/h3-8,10H,9H2,1-2H3,(H,17,20). The Morgan fingerprint density at radius 3 is 2.76 bits per heavy atom. The van der Waals surface area contributed by atoms with Gasteiger partial charge in [-0.25, -0.2) is 0 Å². The molecule has 5 nitrogen and oxygen atoms in total. The number of hydrogen-bond donors (Lipinski definition) is 1. The molecule has 0 aliphatic heterocycles. The molecule has 0 spiro atoms. The average molecular weight is 306 g/mol. The zero-order valence-electron chi connectivity index (χ0n) is 11.8. The van der Waals surface area contributed by atoms with Crippen molar-refractivity contribution >= 4 is 23.2 Å². The molecule has 0 aliphatic carbocycles. The summed E-state index contributed by atoms with van der Waals surface area (Å²) in [5, 5.41) is 10.4. The van der Waals surface area contributed by atoms with Crippen molar-refractivity contribution in [3.63, 3.8) is 0 Å². The SMILES string of the molecule is CC(C)COc1cccc(NC(=O)c2ccc(Cl)nn2)c1. The number of ether oxygens (including phenoxy) is 1. The maximum atomic E-state index is 12.0. The van der Waals surface area contributed by atoms with Gasteiger partial charge in [0, 0.05) is 11.8 Å². The van der Waals surface area contributed by atoms with E-state index in [0.717, 1.165) is 0 Å². The lowest BCUT2D eigenvalue weighted by atomic mass is 10.2. The van der Waals surface area contributed by atoms with Crippen LogP contribution in [0.5, 0.6) is 5.75 Å². The number of carbonyl (C=O) groups is 1. The molecule has 0 saturated heterocycles. The van der Waals surface area contributed by atoms with Gasteiger partial charge in [-0.15, -0.1) is 10.2 Å². The fourth-order valence-electron chi connectivity index (χ4n) is 1.56. The fraction of sp³-hybridized carbons (Fsp3) is 0.267. The second-order valence-corrected chi connectivity index (χ2v) is 5.32. The molecular weight excluding hydrogens is 290 g/mol. The third-order valence-electron chi connectivity index (χ3n) is 2.54. The summed E-state index contributed by atoms with van der Waals surface area (Å²) in [5.41, 5.74) is 0.839. The number of nitrogens with one attached hydrogen (secondary N) is 1. The molecule has 6 heteroatoms. The first-order valence-corrected chi connectivity index (χ1v) is 6.96. The minimum Gasteiger partial charge on any atom is -0.493 e. The summed E-state index contributed by atoms with van der Waals surface area (Å²) in [5.74, 6) is 0.802. The second-order valence-electron chi connectivity index (χ2n) is 4.93. The predicted octanol–water partition coefficient (Wildman–Crippen LogP) is 3.42. The van der Waals surface area contributed by atoms with Gasteiger partial charge in [-0.3, -0.25) is 4.79 Å². The molecule has 0 unspecified atom stereocenters. The van der Waals surface area contributed by atoms with Crippen LogP contribution in [-0.2, 0) is 0 Å². The van der Waals surface area contributed by atoms with E-state index >= 15 is 0 Å². The Bertz CT molecular complexity index is 615. The zero-order chi connectivity index (χ0) is 15.2. The fourth-order valence-corrected chi connectivity index (χ4v) is 1.66. The third kappa shape index (κ3) is 4.72. The third-order valence-corrected chi connectivity index (χ3v) is 2.74. The Hall–Kier alpha value is -2.14. The molecular formula is C15H16ClN3O2. The van der Waals surface area contributed by atoms with Crippen LogP contribution in [0.1, 0.15) is 24.3 Å². The van der Waals surface area contributed by atoms with Gasteiger partial charge in [-0.05, 0) is 30.2 Å². The Morgan fingerprint density at radius 2 is 2.10 bits per heavy atom. The molecule has 1 amide bonds. The molecule has 0 fully saturated rings. The summed E-state index contributed by atoms with van der Waals surface area (Å²) >= 11 is 5.64. The maximum absolute atomic E-state index is 12.0. The topological polar surface area (TPSA) is 64.1 Å². The molecule has 2 rings (SSSR count). The highest BCUT2D eigenvalue weighted by atomic mass is 35.5. The van der Waals surface area contributed by atoms with Gasteiger partial charge < -0.3 is 10.1 Å². The minimum absolute atomic E-state index is 0.202. The lowest BCUT2D eigenvalue weighted by Gasteiger charge is -2.10. The van der Waals surface area contributed by atoms with E-state index in [4.69, 9.17) is 16.3 Å². The molecule has 1 heterocycles. The van der Waals surface area contributed by atoms with E-state index in [-0.39, 0.29) is 16.8 Å². The first-order chi connectivity index (χ1) is 10.0. The molecule has 2 aromatic rings. The number of halogens is 1. The number of anilines is 1. The number of amides is 1. The van der Waals surface area contributed by atoms with Crippen molar-refractivity contribution < 1.29 is 9.53 Å². The van der Waals surface area contributed by atoms with Crippen molar-refractivity contribution in [1.82, 2.24) is 10.2 Å². The van der Waals surface area contributed by atoms with Gasteiger partial charge in [0.15, 0.2) is 10.8 Å². The van der Waals surface area contributed by atoms with Crippen molar-refractivity contribution in [2.75, 3.05) is 11.9 Å². The lowest BCUT2D eigenvalue weighted by molar-refractivity contribution is 0.102. The molecule has 0 saturated carbocycles. The molecule has 1 aromatic carbocycles. The Balaban J connectivity index is 2.03. The van der Waals surface area contributed by atoms with E-state index in [1.807, 2.05) is 12.1 Å². The van der Waals surface area contributed by atoms with Crippen molar-refractivity contribution in [2.24, 2.45) is 5.92 Å². The number of rotatable bonds is 5. The molecule has 1 aromatic heterocycles. The number of benzene rings is 1. The van der Waals surface area contributed by atoms with Gasteiger partial charge in [0.05, 0.1) is 6.61 Å². The highest BCUT2D eigenvalue weighted by Crippen LogP contribution is 2.18. The van der Waals surface area contributed by atoms with Crippen molar-refractivity contribution in [3.05, 3.63) is 47.2 Å². The van der Waals surface area contributed by atoms with Crippen LogP contribution in [0, 0.1) is 5.92 Å². The summed E-state index contributed by atoms with van der Waals surface area (Å²) in [6, 6.07) is 10.3. The van der Waals surface area contributed by atoms with Crippen molar-refractivity contribution in [1.29, 1.82) is 0 Å². The molecule has 0 atom stereocenters.